The van der Waals surface area contributed by atoms with E-state index in [1.165, 1.54) is 25.0 Å². The number of nitrogens with zero attached hydrogens (tertiary/aromatic N) is 1. The molecule has 20 heavy (non-hydrogen) atoms. The number of nitrogens with two attached hydrogens (primary N) is 1. The molecular weight excluding hydrogens is 251 g/mol. The quantitative estimate of drug-likeness (QED) is 0.914. The maximum absolute atomic E-state index is 13.0. The van der Waals surface area contributed by atoms with E-state index in [-0.39, 0.29) is 11.4 Å². The van der Waals surface area contributed by atoms with Gasteiger partial charge in [-0.1, -0.05) is 26.0 Å². The van der Waals surface area contributed by atoms with Crippen molar-refractivity contribution in [3.8, 4) is 0 Å². The SMILES string of the molecule is CC1CCC(CN)(N(C)Cc2ccc(F)cc2)C(C)C1. The molecule has 0 saturated heterocycles. The van der Waals surface area contributed by atoms with Gasteiger partial charge in [-0.15, -0.1) is 0 Å². The third-order valence-corrected chi connectivity index (χ3v) is 5.19. The first-order valence-corrected chi connectivity index (χ1v) is 7.63. The van der Waals surface area contributed by atoms with Crippen LogP contribution in [-0.2, 0) is 6.54 Å². The lowest BCUT2D eigenvalue weighted by atomic mass is 9.69. The molecule has 0 spiro atoms. The van der Waals surface area contributed by atoms with Crippen LogP contribution < -0.4 is 5.73 Å². The van der Waals surface area contributed by atoms with Gasteiger partial charge in [0.15, 0.2) is 0 Å². The van der Waals surface area contributed by atoms with Crippen LogP contribution in [0.25, 0.3) is 0 Å². The first kappa shape index (κ1) is 15.5. The molecule has 0 aliphatic heterocycles. The highest BCUT2D eigenvalue weighted by Gasteiger charge is 2.42. The molecule has 2 rings (SSSR count). The van der Waals surface area contributed by atoms with Gasteiger partial charge in [0.05, 0.1) is 0 Å². The van der Waals surface area contributed by atoms with E-state index in [0.29, 0.717) is 12.5 Å². The van der Waals surface area contributed by atoms with Gasteiger partial charge in [0.1, 0.15) is 5.82 Å². The first-order chi connectivity index (χ1) is 9.48. The summed E-state index contributed by atoms with van der Waals surface area (Å²) in [5.41, 5.74) is 7.38. The Bertz CT molecular complexity index is 431. The Balaban J connectivity index is 2.12. The zero-order valence-corrected chi connectivity index (χ0v) is 12.9. The van der Waals surface area contributed by atoms with E-state index in [4.69, 9.17) is 5.73 Å². The van der Waals surface area contributed by atoms with Crippen molar-refractivity contribution in [3.63, 3.8) is 0 Å². The van der Waals surface area contributed by atoms with Crippen molar-refractivity contribution in [1.82, 2.24) is 4.90 Å². The van der Waals surface area contributed by atoms with Gasteiger partial charge in [0, 0.05) is 18.6 Å². The molecule has 112 valence electrons. The number of hydrogen-bond acceptors (Lipinski definition) is 2. The highest BCUT2D eigenvalue weighted by atomic mass is 19.1. The normalized spacial score (nSPS) is 30.7. The fourth-order valence-corrected chi connectivity index (χ4v) is 3.73. The molecule has 3 heteroatoms. The lowest BCUT2D eigenvalue weighted by Gasteiger charge is -2.50. The van der Waals surface area contributed by atoms with E-state index in [1.807, 2.05) is 12.1 Å². The van der Waals surface area contributed by atoms with E-state index in [2.05, 4.69) is 25.8 Å². The lowest BCUT2D eigenvalue weighted by molar-refractivity contribution is 0.0128. The molecule has 2 nitrogen and oxygen atoms in total. The minimum absolute atomic E-state index is 0.0842. The summed E-state index contributed by atoms with van der Waals surface area (Å²) in [7, 11) is 2.16. The zero-order chi connectivity index (χ0) is 14.8. The molecule has 0 bridgehead atoms. The van der Waals surface area contributed by atoms with Gasteiger partial charge in [-0.25, -0.2) is 4.39 Å². The average molecular weight is 278 g/mol. The summed E-state index contributed by atoms with van der Waals surface area (Å²) in [4.78, 5) is 2.39. The summed E-state index contributed by atoms with van der Waals surface area (Å²) in [6, 6.07) is 6.80. The molecule has 0 aromatic heterocycles. The van der Waals surface area contributed by atoms with E-state index in [0.717, 1.165) is 24.4 Å². The number of likely N-dealkylation sites (N-methyl/N-ethyl adjacent to an activating group) is 1. The van der Waals surface area contributed by atoms with Crippen molar-refractivity contribution in [2.75, 3.05) is 13.6 Å². The highest BCUT2D eigenvalue weighted by Crippen LogP contribution is 2.40. The monoisotopic (exact) mass is 278 g/mol. The Morgan fingerprint density at radius 1 is 1.30 bits per heavy atom. The summed E-state index contributed by atoms with van der Waals surface area (Å²) in [5.74, 6) is 1.22. The van der Waals surface area contributed by atoms with Gasteiger partial charge >= 0.3 is 0 Å². The molecular formula is C17H27FN2. The standard InChI is InChI=1S/C17H27FN2/c1-13-8-9-17(12-19,14(2)10-13)20(3)11-15-4-6-16(18)7-5-15/h4-7,13-14H,8-12,19H2,1-3H3. The number of rotatable bonds is 4. The summed E-state index contributed by atoms with van der Waals surface area (Å²) in [6.07, 6.45) is 3.64. The molecule has 1 saturated carbocycles. The molecule has 1 aromatic rings. The van der Waals surface area contributed by atoms with Crippen molar-refractivity contribution >= 4 is 0 Å². The largest absolute Gasteiger partial charge is 0.329 e. The Morgan fingerprint density at radius 3 is 2.50 bits per heavy atom. The number of benzene rings is 1. The van der Waals surface area contributed by atoms with Crippen molar-refractivity contribution in [2.24, 2.45) is 17.6 Å². The van der Waals surface area contributed by atoms with Crippen LogP contribution in [0.1, 0.15) is 38.7 Å². The molecule has 3 atom stereocenters. The molecule has 0 radical (unpaired) electrons. The molecule has 1 aromatic carbocycles. The summed E-state index contributed by atoms with van der Waals surface area (Å²) in [6.45, 7) is 6.18. The highest BCUT2D eigenvalue weighted by molar-refractivity contribution is 5.16. The summed E-state index contributed by atoms with van der Waals surface area (Å²) in [5, 5.41) is 0. The van der Waals surface area contributed by atoms with Crippen molar-refractivity contribution in [1.29, 1.82) is 0 Å². The Kier molecular flexibility index (Phi) is 4.82. The smallest absolute Gasteiger partial charge is 0.123 e. The number of hydrogen-bond donors (Lipinski definition) is 1. The molecule has 1 aliphatic carbocycles. The molecule has 1 aliphatic rings. The van der Waals surface area contributed by atoms with Gasteiger partial charge in [0.25, 0.3) is 0 Å². The van der Waals surface area contributed by atoms with Crippen LogP contribution in [0.2, 0.25) is 0 Å². The fraction of sp³-hybridized carbons (Fsp3) is 0.647. The maximum Gasteiger partial charge on any atom is 0.123 e. The van der Waals surface area contributed by atoms with Crippen LogP contribution >= 0.6 is 0 Å². The van der Waals surface area contributed by atoms with Crippen LogP contribution in [0.3, 0.4) is 0 Å². The van der Waals surface area contributed by atoms with Crippen LogP contribution in [0.15, 0.2) is 24.3 Å². The van der Waals surface area contributed by atoms with Crippen molar-refractivity contribution < 1.29 is 4.39 Å². The predicted molar refractivity (Wildman–Crippen MR) is 81.8 cm³/mol. The average Bonchev–Trinajstić information content (AvgIpc) is 2.42. The van der Waals surface area contributed by atoms with Gasteiger partial charge in [-0.3, -0.25) is 4.90 Å². The molecule has 2 N–H and O–H groups in total. The minimum atomic E-state index is -0.176. The van der Waals surface area contributed by atoms with Crippen LogP contribution in [-0.4, -0.2) is 24.0 Å². The summed E-state index contributed by atoms with van der Waals surface area (Å²) >= 11 is 0. The molecule has 3 unspecified atom stereocenters. The van der Waals surface area contributed by atoms with Crippen molar-refractivity contribution in [2.45, 2.75) is 45.2 Å². The summed E-state index contributed by atoms with van der Waals surface area (Å²) < 4.78 is 13.0. The Hall–Kier alpha value is -0.930. The first-order valence-electron chi connectivity index (χ1n) is 7.63. The third kappa shape index (κ3) is 3.04. The van der Waals surface area contributed by atoms with Crippen LogP contribution in [0.4, 0.5) is 4.39 Å². The van der Waals surface area contributed by atoms with Gasteiger partial charge in [-0.05, 0) is 55.8 Å². The predicted octanol–water partition coefficient (Wildman–Crippen LogP) is 3.41. The second kappa shape index (κ2) is 6.23. The maximum atomic E-state index is 13.0. The molecule has 0 heterocycles. The van der Waals surface area contributed by atoms with Crippen LogP contribution in [0.5, 0.6) is 0 Å². The topological polar surface area (TPSA) is 29.3 Å². The van der Waals surface area contributed by atoms with E-state index in [9.17, 15) is 4.39 Å². The van der Waals surface area contributed by atoms with Crippen molar-refractivity contribution in [3.05, 3.63) is 35.6 Å². The fourth-order valence-electron chi connectivity index (χ4n) is 3.73. The number of halogens is 1. The second-order valence-electron chi connectivity index (χ2n) is 6.57. The van der Waals surface area contributed by atoms with E-state index < -0.39 is 0 Å². The van der Waals surface area contributed by atoms with Gasteiger partial charge in [-0.2, -0.15) is 0 Å². The molecule has 1 fully saturated rings. The Labute approximate surface area is 122 Å². The minimum Gasteiger partial charge on any atom is -0.329 e. The Morgan fingerprint density at radius 2 is 1.95 bits per heavy atom. The van der Waals surface area contributed by atoms with Gasteiger partial charge in [0.2, 0.25) is 0 Å². The zero-order valence-electron chi connectivity index (χ0n) is 12.9. The molecule has 0 amide bonds. The van der Waals surface area contributed by atoms with Gasteiger partial charge < -0.3 is 5.73 Å². The lowest BCUT2D eigenvalue weighted by Crippen LogP contribution is -2.58. The van der Waals surface area contributed by atoms with Crippen LogP contribution in [0, 0.1) is 17.7 Å². The van der Waals surface area contributed by atoms with E-state index >= 15 is 0 Å². The van der Waals surface area contributed by atoms with E-state index in [1.54, 1.807) is 0 Å². The third-order valence-electron chi connectivity index (χ3n) is 5.19. The second-order valence-corrected chi connectivity index (χ2v) is 6.57.